The Morgan fingerprint density at radius 1 is 1.29 bits per heavy atom. The molecule has 1 saturated heterocycles. The molecule has 2 aliphatic rings. The second-order valence-corrected chi connectivity index (χ2v) is 6.88. The molecule has 21 heavy (non-hydrogen) atoms. The minimum atomic E-state index is -0.0863. The maximum absolute atomic E-state index is 12.3. The Bertz CT molecular complexity index is 488. The topological polar surface area (TPSA) is 44.4 Å². The SMILES string of the molecule is O=C(NCCN1CCSCC1)[C@H]1Cc2ccccc2CN1. The van der Waals surface area contributed by atoms with Gasteiger partial charge in [0.05, 0.1) is 6.04 Å². The maximum atomic E-state index is 12.3. The molecule has 0 unspecified atom stereocenters. The number of hydrogen-bond acceptors (Lipinski definition) is 4. The molecule has 0 aromatic heterocycles. The van der Waals surface area contributed by atoms with Crippen molar-refractivity contribution in [3.63, 3.8) is 0 Å². The molecule has 2 N–H and O–H groups in total. The van der Waals surface area contributed by atoms with Crippen LogP contribution in [-0.2, 0) is 17.8 Å². The summed E-state index contributed by atoms with van der Waals surface area (Å²) in [5.74, 6) is 2.57. The molecule has 1 amide bonds. The van der Waals surface area contributed by atoms with Crippen LogP contribution in [0.15, 0.2) is 24.3 Å². The highest BCUT2D eigenvalue weighted by Crippen LogP contribution is 2.16. The first-order chi connectivity index (χ1) is 10.3. The molecule has 1 aromatic carbocycles. The standard InChI is InChI=1S/C16H23N3OS/c20-16(17-5-6-19-7-9-21-10-8-19)15-11-13-3-1-2-4-14(13)12-18-15/h1-4,15,18H,5-12H2,(H,17,20)/t15-/m1/s1. The van der Waals surface area contributed by atoms with Gasteiger partial charge in [0, 0.05) is 44.2 Å². The van der Waals surface area contributed by atoms with E-state index in [1.807, 2.05) is 17.8 Å². The van der Waals surface area contributed by atoms with Gasteiger partial charge in [0.15, 0.2) is 0 Å². The fourth-order valence-electron chi connectivity index (χ4n) is 2.92. The van der Waals surface area contributed by atoms with Crippen LogP contribution in [0.2, 0.25) is 0 Å². The van der Waals surface area contributed by atoms with Gasteiger partial charge in [-0.25, -0.2) is 0 Å². The third-order valence-electron chi connectivity index (χ3n) is 4.23. The van der Waals surface area contributed by atoms with Crippen molar-refractivity contribution in [1.82, 2.24) is 15.5 Å². The molecular formula is C16H23N3OS. The van der Waals surface area contributed by atoms with E-state index in [1.54, 1.807) is 0 Å². The average Bonchev–Trinajstić information content (AvgIpc) is 2.55. The van der Waals surface area contributed by atoms with Crippen molar-refractivity contribution in [2.24, 2.45) is 0 Å². The number of benzene rings is 1. The monoisotopic (exact) mass is 305 g/mol. The van der Waals surface area contributed by atoms with Crippen LogP contribution in [0.3, 0.4) is 0 Å². The zero-order valence-corrected chi connectivity index (χ0v) is 13.1. The summed E-state index contributed by atoms with van der Waals surface area (Å²) in [6, 6.07) is 8.27. The molecule has 0 radical (unpaired) electrons. The second kappa shape index (κ2) is 7.29. The van der Waals surface area contributed by atoms with Crippen molar-refractivity contribution in [3.8, 4) is 0 Å². The maximum Gasteiger partial charge on any atom is 0.237 e. The quantitative estimate of drug-likeness (QED) is 0.866. The van der Waals surface area contributed by atoms with Crippen LogP contribution in [-0.4, -0.2) is 54.5 Å². The number of nitrogens with zero attached hydrogens (tertiary/aromatic N) is 1. The summed E-state index contributed by atoms with van der Waals surface area (Å²) >= 11 is 2.02. The van der Waals surface area contributed by atoms with Gasteiger partial charge in [0.2, 0.25) is 5.91 Å². The summed E-state index contributed by atoms with van der Waals surface area (Å²) in [6.07, 6.45) is 0.794. The van der Waals surface area contributed by atoms with E-state index in [9.17, 15) is 4.79 Å². The molecule has 0 aliphatic carbocycles. The number of carbonyl (C=O) groups is 1. The molecule has 114 valence electrons. The molecule has 4 nitrogen and oxygen atoms in total. The summed E-state index contributed by atoms with van der Waals surface area (Å²) < 4.78 is 0. The largest absolute Gasteiger partial charge is 0.353 e. The first kappa shape index (κ1) is 14.9. The fraction of sp³-hybridized carbons (Fsp3) is 0.562. The van der Waals surface area contributed by atoms with Gasteiger partial charge in [-0.3, -0.25) is 9.69 Å². The Labute approximate surface area is 130 Å². The van der Waals surface area contributed by atoms with Crippen molar-refractivity contribution in [2.75, 3.05) is 37.7 Å². The van der Waals surface area contributed by atoms with E-state index in [0.29, 0.717) is 0 Å². The Balaban J connectivity index is 1.44. The zero-order valence-electron chi connectivity index (χ0n) is 12.3. The summed E-state index contributed by atoms with van der Waals surface area (Å²) in [5, 5.41) is 6.42. The Morgan fingerprint density at radius 2 is 2.05 bits per heavy atom. The van der Waals surface area contributed by atoms with Crippen LogP contribution in [0.25, 0.3) is 0 Å². The molecule has 5 heteroatoms. The van der Waals surface area contributed by atoms with Gasteiger partial charge < -0.3 is 10.6 Å². The van der Waals surface area contributed by atoms with E-state index < -0.39 is 0 Å². The van der Waals surface area contributed by atoms with Crippen LogP contribution in [0, 0.1) is 0 Å². The molecule has 0 saturated carbocycles. The van der Waals surface area contributed by atoms with Gasteiger partial charge in [-0.05, 0) is 17.5 Å². The first-order valence-electron chi connectivity index (χ1n) is 7.71. The second-order valence-electron chi connectivity index (χ2n) is 5.65. The molecule has 1 aromatic rings. The Kier molecular flexibility index (Phi) is 5.17. The van der Waals surface area contributed by atoms with Crippen molar-refractivity contribution in [3.05, 3.63) is 35.4 Å². The van der Waals surface area contributed by atoms with E-state index >= 15 is 0 Å². The molecule has 2 heterocycles. The molecule has 1 fully saturated rings. The van der Waals surface area contributed by atoms with Gasteiger partial charge >= 0.3 is 0 Å². The highest BCUT2D eigenvalue weighted by Gasteiger charge is 2.23. The van der Waals surface area contributed by atoms with E-state index in [4.69, 9.17) is 0 Å². The van der Waals surface area contributed by atoms with Crippen LogP contribution in [0.5, 0.6) is 0 Å². The molecule has 0 bridgehead atoms. The number of carbonyl (C=O) groups excluding carboxylic acids is 1. The van der Waals surface area contributed by atoms with Crippen molar-refractivity contribution >= 4 is 17.7 Å². The van der Waals surface area contributed by atoms with Gasteiger partial charge in [-0.2, -0.15) is 11.8 Å². The number of hydrogen-bond donors (Lipinski definition) is 2. The molecular weight excluding hydrogens is 282 g/mol. The highest BCUT2D eigenvalue weighted by atomic mass is 32.2. The van der Waals surface area contributed by atoms with E-state index in [2.05, 4.69) is 33.7 Å². The van der Waals surface area contributed by atoms with Gasteiger partial charge in [-0.1, -0.05) is 24.3 Å². The molecule has 0 spiro atoms. The third kappa shape index (κ3) is 3.99. The van der Waals surface area contributed by atoms with Gasteiger partial charge in [-0.15, -0.1) is 0 Å². The lowest BCUT2D eigenvalue weighted by molar-refractivity contribution is -0.123. The van der Waals surface area contributed by atoms with E-state index in [0.717, 1.165) is 39.1 Å². The molecule has 2 aliphatic heterocycles. The predicted molar refractivity (Wildman–Crippen MR) is 87.5 cm³/mol. The molecule has 1 atom stereocenters. The smallest absolute Gasteiger partial charge is 0.237 e. The van der Waals surface area contributed by atoms with E-state index in [-0.39, 0.29) is 11.9 Å². The van der Waals surface area contributed by atoms with Crippen LogP contribution >= 0.6 is 11.8 Å². The number of fused-ring (bicyclic) bond motifs is 1. The summed E-state index contributed by atoms with van der Waals surface area (Å²) in [5.41, 5.74) is 2.61. The van der Waals surface area contributed by atoms with Gasteiger partial charge in [0.1, 0.15) is 0 Å². The highest BCUT2D eigenvalue weighted by molar-refractivity contribution is 7.99. The predicted octanol–water partition coefficient (Wildman–Crippen LogP) is 0.866. The van der Waals surface area contributed by atoms with Crippen molar-refractivity contribution < 1.29 is 4.79 Å². The summed E-state index contributed by atoms with van der Waals surface area (Å²) in [4.78, 5) is 14.7. The number of nitrogens with one attached hydrogen (secondary N) is 2. The molecule has 3 rings (SSSR count). The van der Waals surface area contributed by atoms with Crippen molar-refractivity contribution in [2.45, 2.75) is 19.0 Å². The number of amides is 1. The lowest BCUT2D eigenvalue weighted by atomic mass is 9.95. The van der Waals surface area contributed by atoms with Crippen LogP contribution in [0.1, 0.15) is 11.1 Å². The van der Waals surface area contributed by atoms with E-state index in [1.165, 1.54) is 22.6 Å². The van der Waals surface area contributed by atoms with Gasteiger partial charge in [0.25, 0.3) is 0 Å². The Hall–Kier alpha value is -1.04. The van der Waals surface area contributed by atoms with Crippen LogP contribution < -0.4 is 10.6 Å². The summed E-state index contributed by atoms with van der Waals surface area (Å²) in [6.45, 7) is 4.81. The minimum Gasteiger partial charge on any atom is -0.353 e. The van der Waals surface area contributed by atoms with Crippen molar-refractivity contribution in [1.29, 1.82) is 0 Å². The minimum absolute atomic E-state index is 0.0863. The lowest BCUT2D eigenvalue weighted by Crippen LogP contribution is -2.49. The Morgan fingerprint density at radius 3 is 2.86 bits per heavy atom. The number of rotatable bonds is 4. The number of thioether (sulfide) groups is 1. The first-order valence-corrected chi connectivity index (χ1v) is 8.86. The lowest BCUT2D eigenvalue weighted by Gasteiger charge is -2.28. The average molecular weight is 305 g/mol. The fourth-order valence-corrected chi connectivity index (χ4v) is 3.90. The summed E-state index contributed by atoms with van der Waals surface area (Å²) in [7, 11) is 0. The van der Waals surface area contributed by atoms with Crippen LogP contribution in [0.4, 0.5) is 0 Å². The third-order valence-corrected chi connectivity index (χ3v) is 5.17. The normalized spacial score (nSPS) is 22.6. The zero-order chi connectivity index (χ0) is 14.5.